The number of rotatable bonds is 7. The van der Waals surface area contributed by atoms with Gasteiger partial charge in [-0.2, -0.15) is 4.31 Å². The number of nitrogens with zero attached hydrogens (tertiary/aromatic N) is 2. The molecule has 0 bridgehead atoms. The number of nitrogens with one attached hydrogen (secondary N) is 1. The fraction of sp³-hybridized carbons (Fsp3) is 0.733. The van der Waals surface area contributed by atoms with E-state index in [1.807, 2.05) is 13.8 Å². The van der Waals surface area contributed by atoms with Gasteiger partial charge in [0.15, 0.2) is 0 Å². The summed E-state index contributed by atoms with van der Waals surface area (Å²) in [5.41, 5.74) is 2.65. The van der Waals surface area contributed by atoms with E-state index in [-0.39, 0.29) is 24.1 Å². The van der Waals surface area contributed by atoms with Crippen LogP contribution in [0.5, 0.6) is 0 Å². The van der Waals surface area contributed by atoms with E-state index in [1.54, 1.807) is 9.82 Å². The SMILES string of the molecule is CCNC(=O)CC1CCCCN1S(=O)(=O)CCc1scnc1C. The zero-order chi connectivity index (χ0) is 16.9. The summed E-state index contributed by atoms with van der Waals surface area (Å²) in [6.45, 7) is 4.86. The van der Waals surface area contributed by atoms with Crippen molar-refractivity contribution in [3.8, 4) is 0 Å². The molecule has 1 unspecified atom stereocenters. The summed E-state index contributed by atoms with van der Waals surface area (Å²) in [7, 11) is -3.35. The number of thiazole rings is 1. The second-order valence-corrected chi connectivity index (χ2v) is 8.83. The highest BCUT2D eigenvalue weighted by Gasteiger charge is 2.33. The van der Waals surface area contributed by atoms with Crippen molar-refractivity contribution in [3.63, 3.8) is 0 Å². The Morgan fingerprint density at radius 3 is 2.91 bits per heavy atom. The monoisotopic (exact) mass is 359 g/mol. The molecule has 0 saturated carbocycles. The van der Waals surface area contributed by atoms with Crippen molar-refractivity contribution >= 4 is 27.3 Å². The van der Waals surface area contributed by atoms with E-state index in [9.17, 15) is 13.2 Å². The maximum absolute atomic E-state index is 12.7. The van der Waals surface area contributed by atoms with Gasteiger partial charge in [-0.15, -0.1) is 11.3 Å². The van der Waals surface area contributed by atoms with Crippen molar-refractivity contribution in [3.05, 3.63) is 16.1 Å². The highest BCUT2D eigenvalue weighted by Crippen LogP contribution is 2.24. The van der Waals surface area contributed by atoms with Crippen molar-refractivity contribution in [2.75, 3.05) is 18.8 Å². The lowest BCUT2D eigenvalue weighted by Crippen LogP contribution is -2.47. The zero-order valence-corrected chi connectivity index (χ0v) is 15.4. The van der Waals surface area contributed by atoms with E-state index in [0.717, 1.165) is 29.8 Å². The number of aromatic nitrogens is 1. The van der Waals surface area contributed by atoms with Crippen molar-refractivity contribution in [2.45, 2.75) is 52.0 Å². The summed E-state index contributed by atoms with van der Waals surface area (Å²) >= 11 is 1.50. The Morgan fingerprint density at radius 1 is 1.48 bits per heavy atom. The minimum atomic E-state index is -3.35. The van der Waals surface area contributed by atoms with Gasteiger partial charge in [0.25, 0.3) is 0 Å². The van der Waals surface area contributed by atoms with Gasteiger partial charge in [0, 0.05) is 30.4 Å². The molecule has 2 heterocycles. The van der Waals surface area contributed by atoms with E-state index in [4.69, 9.17) is 0 Å². The molecule has 1 saturated heterocycles. The molecule has 1 aliphatic heterocycles. The van der Waals surface area contributed by atoms with Crippen LogP contribution in [-0.2, 0) is 21.2 Å². The van der Waals surface area contributed by atoms with Crippen molar-refractivity contribution < 1.29 is 13.2 Å². The van der Waals surface area contributed by atoms with Gasteiger partial charge in [0.05, 0.1) is 17.0 Å². The Hall–Kier alpha value is -0.990. The summed E-state index contributed by atoms with van der Waals surface area (Å²) < 4.78 is 27.0. The summed E-state index contributed by atoms with van der Waals surface area (Å²) in [6.07, 6.45) is 3.35. The Balaban J connectivity index is 2.02. The molecule has 0 radical (unpaired) electrons. The van der Waals surface area contributed by atoms with Crippen LogP contribution in [-0.4, -0.2) is 48.5 Å². The normalized spacial score (nSPS) is 19.7. The lowest BCUT2D eigenvalue weighted by molar-refractivity contribution is -0.122. The van der Waals surface area contributed by atoms with Crippen LogP contribution < -0.4 is 5.32 Å². The lowest BCUT2D eigenvalue weighted by atomic mass is 10.0. The average Bonchev–Trinajstić information content (AvgIpc) is 2.91. The van der Waals surface area contributed by atoms with Gasteiger partial charge >= 0.3 is 0 Å². The largest absolute Gasteiger partial charge is 0.356 e. The highest BCUT2D eigenvalue weighted by molar-refractivity contribution is 7.89. The molecule has 23 heavy (non-hydrogen) atoms. The van der Waals surface area contributed by atoms with Crippen LogP contribution in [0.2, 0.25) is 0 Å². The number of amides is 1. The maximum atomic E-state index is 12.7. The highest BCUT2D eigenvalue weighted by atomic mass is 32.2. The van der Waals surface area contributed by atoms with Crippen LogP contribution in [0.4, 0.5) is 0 Å². The fourth-order valence-electron chi connectivity index (χ4n) is 2.93. The topological polar surface area (TPSA) is 79.4 Å². The first-order chi connectivity index (χ1) is 10.9. The third-order valence-corrected chi connectivity index (χ3v) is 7.07. The maximum Gasteiger partial charge on any atom is 0.221 e. The summed E-state index contributed by atoms with van der Waals surface area (Å²) in [5.74, 6) is 0.0139. The summed E-state index contributed by atoms with van der Waals surface area (Å²) in [5, 5.41) is 2.76. The molecule has 130 valence electrons. The number of hydrogen-bond donors (Lipinski definition) is 1. The van der Waals surface area contributed by atoms with E-state index in [1.165, 1.54) is 11.3 Å². The quantitative estimate of drug-likeness (QED) is 0.804. The number of aryl methyl sites for hydroxylation is 2. The number of sulfonamides is 1. The minimum absolute atomic E-state index is 0.0714. The van der Waals surface area contributed by atoms with Crippen molar-refractivity contribution in [1.29, 1.82) is 0 Å². The van der Waals surface area contributed by atoms with Gasteiger partial charge in [0.2, 0.25) is 15.9 Å². The van der Waals surface area contributed by atoms with E-state index < -0.39 is 10.0 Å². The van der Waals surface area contributed by atoms with Crippen LogP contribution in [0, 0.1) is 6.92 Å². The predicted octanol–water partition coefficient (Wildman–Crippen LogP) is 1.70. The zero-order valence-electron chi connectivity index (χ0n) is 13.7. The summed E-state index contributed by atoms with van der Waals surface area (Å²) in [6, 6.07) is -0.206. The molecule has 1 N–H and O–H groups in total. The van der Waals surface area contributed by atoms with Crippen LogP contribution in [0.25, 0.3) is 0 Å². The molecule has 0 aliphatic carbocycles. The molecule has 8 heteroatoms. The van der Waals surface area contributed by atoms with Crippen LogP contribution in [0.3, 0.4) is 0 Å². The van der Waals surface area contributed by atoms with Gasteiger partial charge < -0.3 is 5.32 Å². The molecule has 0 aromatic carbocycles. The molecule has 1 aromatic heterocycles. The number of hydrogen-bond acceptors (Lipinski definition) is 5. The van der Waals surface area contributed by atoms with E-state index >= 15 is 0 Å². The molecule has 1 amide bonds. The van der Waals surface area contributed by atoms with Gasteiger partial charge in [-0.1, -0.05) is 6.42 Å². The molecule has 0 spiro atoms. The Kier molecular flexibility index (Phi) is 6.55. The molecule has 1 aliphatic rings. The minimum Gasteiger partial charge on any atom is -0.356 e. The van der Waals surface area contributed by atoms with E-state index in [0.29, 0.717) is 19.5 Å². The second kappa shape index (κ2) is 8.21. The smallest absolute Gasteiger partial charge is 0.221 e. The third kappa shape index (κ3) is 4.99. The lowest BCUT2D eigenvalue weighted by Gasteiger charge is -2.34. The third-order valence-electron chi connectivity index (χ3n) is 4.16. The van der Waals surface area contributed by atoms with Gasteiger partial charge in [-0.25, -0.2) is 13.4 Å². The first kappa shape index (κ1) is 18.4. The number of piperidine rings is 1. The standard InChI is InChI=1S/C15H25N3O3S2/c1-3-16-15(19)10-13-6-4-5-8-18(13)23(20,21)9-7-14-12(2)17-11-22-14/h11,13H,3-10H2,1-2H3,(H,16,19). The average molecular weight is 360 g/mol. The van der Waals surface area contributed by atoms with Gasteiger partial charge in [-0.05, 0) is 33.1 Å². The predicted molar refractivity (Wildman–Crippen MR) is 92.0 cm³/mol. The first-order valence-electron chi connectivity index (χ1n) is 8.09. The Morgan fingerprint density at radius 2 is 2.26 bits per heavy atom. The Bertz CT molecular complexity index is 628. The Labute approximate surface area is 142 Å². The van der Waals surface area contributed by atoms with Gasteiger partial charge in [-0.3, -0.25) is 4.79 Å². The molecule has 1 fully saturated rings. The molecule has 1 atom stereocenters. The molecular formula is C15H25N3O3S2. The summed E-state index contributed by atoms with van der Waals surface area (Å²) in [4.78, 5) is 17.0. The van der Waals surface area contributed by atoms with Crippen molar-refractivity contribution in [2.24, 2.45) is 0 Å². The molecule has 6 nitrogen and oxygen atoms in total. The van der Waals surface area contributed by atoms with E-state index in [2.05, 4.69) is 10.3 Å². The molecule has 2 rings (SSSR count). The van der Waals surface area contributed by atoms with Crippen LogP contribution in [0.1, 0.15) is 43.2 Å². The second-order valence-electron chi connectivity index (χ2n) is 5.84. The first-order valence-corrected chi connectivity index (χ1v) is 10.6. The van der Waals surface area contributed by atoms with Gasteiger partial charge in [0.1, 0.15) is 0 Å². The van der Waals surface area contributed by atoms with Crippen LogP contribution in [0.15, 0.2) is 5.51 Å². The number of carbonyl (C=O) groups excluding carboxylic acids is 1. The van der Waals surface area contributed by atoms with Crippen LogP contribution >= 0.6 is 11.3 Å². The van der Waals surface area contributed by atoms with Crippen molar-refractivity contribution in [1.82, 2.24) is 14.6 Å². The molecule has 1 aromatic rings. The fourth-order valence-corrected chi connectivity index (χ4v) is 5.58. The number of carbonyl (C=O) groups is 1. The molecular weight excluding hydrogens is 334 g/mol.